The fraction of sp³-hybridized carbons (Fsp3) is 0.696. The standard InChI is InChI=1S/C23H30O5/c1-13(24)23(19(26)20(27)28)11-8-18-16-5-4-14-12-15(25)6-9-21(14,2)17(16)7-10-22(18,23)3/h4-5,12,16-19,26H,6-11H2,1-3H3,(H,27,28)/t16-,17+,18+,19?,21+,22+,23-/m1/s1. The lowest BCUT2D eigenvalue weighted by molar-refractivity contribution is -0.174. The maximum absolute atomic E-state index is 12.8. The van der Waals surface area contributed by atoms with E-state index in [9.17, 15) is 24.6 Å². The first-order valence-corrected chi connectivity index (χ1v) is 10.4. The van der Waals surface area contributed by atoms with Crippen molar-refractivity contribution in [2.24, 2.45) is 34.0 Å². The van der Waals surface area contributed by atoms with Gasteiger partial charge in [-0.1, -0.05) is 26.0 Å². The smallest absolute Gasteiger partial charge is 0.333 e. The van der Waals surface area contributed by atoms with Gasteiger partial charge in [-0.3, -0.25) is 9.59 Å². The van der Waals surface area contributed by atoms with Crippen molar-refractivity contribution in [3.05, 3.63) is 23.8 Å². The molecule has 0 aromatic heterocycles. The van der Waals surface area contributed by atoms with Crippen molar-refractivity contribution in [2.75, 3.05) is 0 Å². The van der Waals surface area contributed by atoms with Crippen LogP contribution >= 0.6 is 0 Å². The van der Waals surface area contributed by atoms with Crippen LogP contribution in [0.2, 0.25) is 0 Å². The Hall–Kier alpha value is -1.75. The molecule has 152 valence electrons. The van der Waals surface area contributed by atoms with E-state index in [0.29, 0.717) is 18.8 Å². The highest BCUT2D eigenvalue weighted by molar-refractivity contribution is 5.92. The minimum atomic E-state index is -1.66. The molecule has 4 rings (SSSR count). The highest BCUT2D eigenvalue weighted by Crippen LogP contribution is 2.69. The summed E-state index contributed by atoms with van der Waals surface area (Å²) in [6.45, 7) is 5.73. The number of hydrogen-bond donors (Lipinski definition) is 2. The number of allylic oxidation sites excluding steroid dienone is 4. The molecule has 0 radical (unpaired) electrons. The van der Waals surface area contributed by atoms with E-state index in [-0.39, 0.29) is 28.8 Å². The average molecular weight is 386 g/mol. The Kier molecular flexibility index (Phi) is 4.28. The Labute approximate surface area is 165 Å². The second-order valence-corrected chi connectivity index (χ2v) is 9.90. The zero-order chi connectivity index (χ0) is 20.5. The summed E-state index contributed by atoms with van der Waals surface area (Å²) in [6, 6.07) is 0. The molecule has 0 saturated heterocycles. The molecule has 0 heterocycles. The number of aliphatic hydroxyl groups is 1. The van der Waals surface area contributed by atoms with Gasteiger partial charge in [-0.15, -0.1) is 0 Å². The molecule has 0 aromatic carbocycles. The molecule has 28 heavy (non-hydrogen) atoms. The molecule has 0 spiro atoms. The molecule has 0 aromatic rings. The number of rotatable bonds is 3. The van der Waals surface area contributed by atoms with Gasteiger partial charge in [0.15, 0.2) is 11.9 Å². The third-order valence-corrected chi connectivity index (χ3v) is 9.10. The SMILES string of the molecule is CC(=O)[C@@]1(C(O)C(=O)O)CC[C@H]2[C@@H]3C=CC4=CC(=O)CC[C@]4(C)[C@H]3CC[C@@]21C. The summed E-state index contributed by atoms with van der Waals surface area (Å²) in [6.07, 6.45) is 8.63. The van der Waals surface area contributed by atoms with Crippen LogP contribution in [-0.4, -0.2) is 33.9 Å². The number of carbonyl (C=O) groups excluding carboxylic acids is 2. The first-order chi connectivity index (χ1) is 13.1. The van der Waals surface area contributed by atoms with Crippen LogP contribution in [0.3, 0.4) is 0 Å². The Morgan fingerprint density at radius 3 is 2.46 bits per heavy atom. The average Bonchev–Trinajstić information content (AvgIpc) is 2.95. The first-order valence-electron chi connectivity index (χ1n) is 10.4. The highest BCUT2D eigenvalue weighted by atomic mass is 16.4. The number of fused-ring (bicyclic) bond motifs is 5. The van der Waals surface area contributed by atoms with Crippen molar-refractivity contribution in [1.29, 1.82) is 0 Å². The molecule has 5 nitrogen and oxygen atoms in total. The molecule has 2 fully saturated rings. The molecule has 2 saturated carbocycles. The largest absolute Gasteiger partial charge is 0.479 e. The van der Waals surface area contributed by atoms with E-state index in [1.54, 1.807) is 6.08 Å². The van der Waals surface area contributed by atoms with E-state index in [1.165, 1.54) is 6.92 Å². The fourth-order valence-electron chi connectivity index (χ4n) is 7.50. The third kappa shape index (κ3) is 2.25. The van der Waals surface area contributed by atoms with Crippen LogP contribution in [0.1, 0.15) is 59.3 Å². The van der Waals surface area contributed by atoms with Gasteiger partial charge in [-0.2, -0.15) is 0 Å². The summed E-state index contributed by atoms with van der Waals surface area (Å²) in [5.74, 6) is -0.522. The molecule has 0 amide bonds. The van der Waals surface area contributed by atoms with Crippen molar-refractivity contribution in [3.8, 4) is 0 Å². The second-order valence-electron chi connectivity index (χ2n) is 9.90. The predicted molar refractivity (Wildman–Crippen MR) is 103 cm³/mol. The van der Waals surface area contributed by atoms with E-state index >= 15 is 0 Å². The summed E-state index contributed by atoms with van der Waals surface area (Å²) in [5.41, 5.74) is -0.678. The highest BCUT2D eigenvalue weighted by Gasteiger charge is 2.68. The summed E-state index contributed by atoms with van der Waals surface area (Å²) in [7, 11) is 0. The lowest BCUT2D eigenvalue weighted by Crippen LogP contribution is -2.58. The number of carboxylic acids is 1. The first kappa shape index (κ1) is 19.6. The molecule has 1 unspecified atom stereocenters. The Morgan fingerprint density at radius 1 is 1.14 bits per heavy atom. The van der Waals surface area contributed by atoms with Crippen LogP contribution in [0, 0.1) is 34.0 Å². The molecular formula is C23H30O5. The van der Waals surface area contributed by atoms with E-state index in [0.717, 1.165) is 31.3 Å². The Bertz CT molecular complexity index is 810. The molecule has 0 bridgehead atoms. The third-order valence-electron chi connectivity index (χ3n) is 9.10. The van der Waals surface area contributed by atoms with Gasteiger partial charge < -0.3 is 10.2 Å². The van der Waals surface area contributed by atoms with Gasteiger partial charge in [0.2, 0.25) is 0 Å². The van der Waals surface area contributed by atoms with Gasteiger partial charge in [-0.05, 0) is 79.3 Å². The van der Waals surface area contributed by atoms with E-state index in [4.69, 9.17) is 0 Å². The van der Waals surface area contributed by atoms with Gasteiger partial charge in [0, 0.05) is 6.42 Å². The quantitative estimate of drug-likeness (QED) is 0.776. The number of Topliss-reactive ketones (excluding diaryl/α,β-unsaturated/α-hetero) is 1. The Morgan fingerprint density at radius 2 is 1.82 bits per heavy atom. The fourth-order valence-corrected chi connectivity index (χ4v) is 7.50. The summed E-state index contributed by atoms with van der Waals surface area (Å²) < 4.78 is 0. The number of hydrogen-bond acceptors (Lipinski definition) is 4. The van der Waals surface area contributed by atoms with Crippen molar-refractivity contribution >= 4 is 17.5 Å². The van der Waals surface area contributed by atoms with E-state index < -0.39 is 22.9 Å². The van der Waals surface area contributed by atoms with Crippen molar-refractivity contribution in [3.63, 3.8) is 0 Å². The van der Waals surface area contributed by atoms with Gasteiger partial charge in [0.1, 0.15) is 5.78 Å². The van der Waals surface area contributed by atoms with Crippen LogP contribution in [0.15, 0.2) is 23.8 Å². The lowest BCUT2D eigenvalue weighted by atomic mass is 9.45. The lowest BCUT2D eigenvalue weighted by Gasteiger charge is -2.58. The zero-order valence-electron chi connectivity index (χ0n) is 16.9. The number of aliphatic carboxylic acids is 1. The van der Waals surface area contributed by atoms with Gasteiger partial charge in [0.05, 0.1) is 5.41 Å². The summed E-state index contributed by atoms with van der Waals surface area (Å²) >= 11 is 0. The summed E-state index contributed by atoms with van der Waals surface area (Å²) in [4.78, 5) is 36.4. The number of carbonyl (C=O) groups is 3. The van der Waals surface area contributed by atoms with Gasteiger partial charge in [-0.25, -0.2) is 4.79 Å². The monoisotopic (exact) mass is 386 g/mol. The minimum absolute atomic E-state index is 0.0401. The molecule has 7 atom stereocenters. The molecular weight excluding hydrogens is 356 g/mol. The summed E-state index contributed by atoms with van der Waals surface area (Å²) in [5, 5.41) is 20.2. The normalized spacial score (nSPS) is 45.5. The van der Waals surface area contributed by atoms with Crippen molar-refractivity contribution in [1.82, 2.24) is 0 Å². The molecule has 5 heteroatoms. The van der Waals surface area contributed by atoms with Crippen LogP contribution < -0.4 is 0 Å². The number of aliphatic hydroxyl groups excluding tert-OH is 1. The van der Waals surface area contributed by atoms with Crippen molar-refractivity contribution in [2.45, 2.75) is 65.4 Å². The van der Waals surface area contributed by atoms with Crippen molar-refractivity contribution < 1.29 is 24.6 Å². The van der Waals surface area contributed by atoms with Crippen LogP contribution in [0.5, 0.6) is 0 Å². The molecule has 4 aliphatic rings. The number of carboxylic acid groups (broad SMARTS) is 1. The van der Waals surface area contributed by atoms with E-state index in [1.807, 2.05) is 6.92 Å². The van der Waals surface area contributed by atoms with Gasteiger partial charge in [0.25, 0.3) is 0 Å². The topological polar surface area (TPSA) is 91.7 Å². The zero-order valence-corrected chi connectivity index (χ0v) is 16.9. The Balaban J connectivity index is 1.77. The van der Waals surface area contributed by atoms with Crippen LogP contribution in [0.4, 0.5) is 0 Å². The molecule has 2 N–H and O–H groups in total. The van der Waals surface area contributed by atoms with Crippen LogP contribution in [0.25, 0.3) is 0 Å². The predicted octanol–water partition coefficient (Wildman–Crippen LogP) is 3.32. The maximum Gasteiger partial charge on any atom is 0.333 e. The van der Waals surface area contributed by atoms with E-state index in [2.05, 4.69) is 19.1 Å². The van der Waals surface area contributed by atoms with Crippen LogP contribution in [-0.2, 0) is 14.4 Å². The minimum Gasteiger partial charge on any atom is -0.479 e. The van der Waals surface area contributed by atoms with Gasteiger partial charge >= 0.3 is 5.97 Å². The molecule has 4 aliphatic carbocycles. The maximum atomic E-state index is 12.8. The molecule has 0 aliphatic heterocycles. The number of ketones is 2. The second kappa shape index (κ2) is 6.12.